The maximum atomic E-state index is 12.9. The highest BCUT2D eigenvalue weighted by Crippen LogP contribution is 2.29. The van der Waals surface area contributed by atoms with E-state index in [0.717, 1.165) is 5.56 Å². The molecule has 1 heterocycles. The Morgan fingerprint density at radius 2 is 1.83 bits per heavy atom. The molecule has 0 spiro atoms. The second-order valence-electron chi connectivity index (χ2n) is 5.92. The van der Waals surface area contributed by atoms with E-state index in [1.165, 1.54) is 35.2 Å². The molecule has 150 valence electrons. The van der Waals surface area contributed by atoms with Crippen LogP contribution >= 0.6 is 23.1 Å². The van der Waals surface area contributed by atoms with Gasteiger partial charge in [0, 0.05) is 12.2 Å². The van der Waals surface area contributed by atoms with E-state index in [1.54, 1.807) is 43.3 Å². The summed E-state index contributed by atoms with van der Waals surface area (Å²) in [6.45, 7) is 2.16. The average molecular weight is 432 g/mol. The number of hydrogen-bond donors (Lipinski definition) is 3. The van der Waals surface area contributed by atoms with Gasteiger partial charge in [-0.25, -0.2) is 9.18 Å². The molecule has 10 heteroatoms. The normalized spacial score (nSPS) is 11.5. The summed E-state index contributed by atoms with van der Waals surface area (Å²) in [7, 11) is 0. The van der Waals surface area contributed by atoms with Crippen molar-refractivity contribution in [2.45, 2.75) is 23.1 Å². The first-order valence-electron chi connectivity index (χ1n) is 8.65. The van der Waals surface area contributed by atoms with E-state index in [0.29, 0.717) is 21.7 Å². The first-order valence-corrected chi connectivity index (χ1v) is 10.3. The number of nitrogens with zero attached hydrogens (tertiary/aromatic N) is 2. The van der Waals surface area contributed by atoms with E-state index in [2.05, 4.69) is 26.1 Å². The molecule has 0 aliphatic heterocycles. The molecule has 0 radical (unpaired) electrons. The Balaban J connectivity index is 1.46. The predicted octanol–water partition coefficient (Wildman–Crippen LogP) is 4.12. The zero-order valence-corrected chi connectivity index (χ0v) is 17.0. The number of carbonyl (C=O) groups is 2. The molecule has 1 atom stereocenters. The van der Waals surface area contributed by atoms with Gasteiger partial charge in [0.15, 0.2) is 4.34 Å². The van der Waals surface area contributed by atoms with Gasteiger partial charge in [0.25, 0.3) is 0 Å². The Morgan fingerprint density at radius 1 is 1.10 bits per heavy atom. The summed E-state index contributed by atoms with van der Waals surface area (Å²) in [6.07, 6.45) is 0. The summed E-state index contributed by atoms with van der Waals surface area (Å²) in [4.78, 5) is 24.1. The van der Waals surface area contributed by atoms with E-state index >= 15 is 0 Å². The van der Waals surface area contributed by atoms with Crippen LogP contribution in [0.15, 0.2) is 58.9 Å². The number of hydrogen-bond acceptors (Lipinski definition) is 7. The molecule has 3 amide bonds. The maximum absolute atomic E-state index is 12.9. The van der Waals surface area contributed by atoms with E-state index in [-0.39, 0.29) is 5.82 Å². The molecule has 0 bridgehead atoms. The van der Waals surface area contributed by atoms with Gasteiger partial charge in [0.2, 0.25) is 11.0 Å². The van der Waals surface area contributed by atoms with Crippen LogP contribution in [0, 0.1) is 5.82 Å². The van der Waals surface area contributed by atoms with Gasteiger partial charge in [-0.05, 0) is 36.8 Å². The smallest absolute Gasteiger partial charge is 0.325 e. The first kappa shape index (κ1) is 20.7. The third-order valence-electron chi connectivity index (χ3n) is 3.68. The number of aromatic nitrogens is 2. The number of amides is 3. The fourth-order valence-electron chi connectivity index (χ4n) is 2.21. The first-order chi connectivity index (χ1) is 14.0. The van der Waals surface area contributed by atoms with Crippen LogP contribution in [0.4, 0.5) is 20.0 Å². The van der Waals surface area contributed by atoms with Crippen LogP contribution in [0.5, 0.6) is 0 Å². The Labute approximate surface area is 175 Å². The molecule has 1 aromatic heterocycles. The SMILES string of the molecule is CC(Sc1nnc(NCc2ccc(F)cc2)s1)C(=O)NC(=O)Nc1ccccc1. The number of thioether (sulfide) groups is 1. The van der Waals surface area contributed by atoms with Gasteiger partial charge in [0.05, 0.1) is 5.25 Å². The maximum Gasteiger partial charge on any atom is 0.325 e. The van der Waals surface area contributed by atoms with Gasteiger partial charge >= 0.3 is 6.03 Å². The molecular formula is C19H18FN5O2S2. The number of para-hydroxylation sites is 1. The fraction of sp³-hybridized carbons (Fsp3) is 0.158. The number of anilines is 2. The predicted molar refractivity (Wildman–Crippen MR) is 113 cm³/mol. The lowest BCUT2D eigenvalue weighted by Gasteiger charge is -2.10. The molecule has 2 aromatic carbocycles. The Kier molecular flexibility index (Phi) is 7.14. The van der Waals surface area contributed by atoms with Crippen LogP contribution in [0.3, 0.4) is 0 Å². The molecule has 1 unspecified atom stereocenters. The summed E-state index contributed by atoms with van der Waals surface area (Å²) in [5.74, 6) is -0.715. The van der Waals surface area contributed by atoms with Gasteiger partial charge in [-0.2, -0.15) is 0 Å². The van der Waals surface area contributed by atoms with Crippen molar-refractivity contribution in [3.63, 3.8) is 0 Å². The highest BCUT2D eigenvalue weighted by molar-refractivity contribution is 8.02. The van der Waals surface area contributed by atoms with Crippen LogP contribution in [-0.4, -0.2) is 27.4 Å². The molecule has 7 nitrogen and oxygen atoms in total. The second-order valence-corrected chi connectivity index (χ2v) is 8.49. The third kappa shape index (κ3) is 6.54. The molecule has 3 N–H and O–H groups in total. The molecule has 29 heavy (non-hydrogen) atoms. The number of imide groups is 1. The molecule has 0 saturated carbocycles. The Morgan fingerprint density at radius 3 is 2.55 bits per heavy atom. The summed E-state index contributed by atoms with van der Waals surface area (Å²) < 4.78 is 13.5. The lowest BCUT2D eigenvalue weighted by atomic mass is 10.2. The number of benzene rings is 2. The van der Waals surface area contributed by atoms with Crippen molar-refractivity contribution in [1.29, 1.82) is 0 Å². The van der Waals surface area contributed by atoms with Crippen LogP contribution in [0.25, 0.3) is 0 Å². The van der Waals surface area contributed by atoms with Crippen LogP contribution in [-0.2, 0) is 11.3 Å². The van der Waals surface area contributed by atoms with Crippen molar-refractivity contribution in [1.82, 2.24) is 15.5 Å². The molecule has 0 aliphatic rings. The zero-order valence-electron chi connectivity index (χ0n) is 15.4. The number of nitrogens with one attached hydrogen (secondary N) is 3. The third-order valence-corrected chi connectivity index (χ3v) is 5.74. The number of urea groups is 1. The van der Waals surface area contributed by atoms with Crippen molar-refractivity contribution in [3.05, 3.63) is 66.0 Å². The minimum Gasteiger partial charge on any atom is -0.356 e. The van der Waals surface area contributed by atoms with E-state index in [1.807, 2.05) is 6.07 Å². The van der Waals surface area contributed by atoms with Gasteiger partial charge in [-0.1, -0.05) is 53.4 Å². The minimum absolute atomic E-state index is 0.284. The topological polar surface area (TPSA) is 96.0 Å². The molecule has 0 fully saturated rings. The number of rotatable bonds is 7. The van der Waals surface area contributed by atoms with Crippen LogP contribution in [0.2, 0.25) is 0 Å². The van der Waals surface area contributed by atoms with Gasteiger partial charge in [0.1, 0.15) is 5.82 Å². The largest absolute Gasteiger partial charge is 0.356 e. The number of halogens is 1. The zero-order chi connectivity index (χ0) is 20.6. The van der Waals surface area contributed by atoms with E-state index < -0.39 is 17.2 Å². The van der Waals surface area contributed by atoms with Crippen molar-refractivity contribution >= 4 is 45.9 Å². The fourth-order valence-corrected chi connectivity index (χ4v) is 4.10. The Hall–Kier alpha value is -2.98. The second kappa shape index (κ2) is 9.99. The lowest BCUT2D eigenvalue weighted by Crippen LogP contribution is -2.38. The minimum atomic E-state index is -0.590. The van der Waals surface area contributed by atoms with Crippen molar-refractivity contribution in [3.8, 4) is 0 Å². The number of carbonyl (C=O) groups excluding carboxylic acids is 2. The standard InChI is InChI=1S/C19H18FN5O2S2/c1-12(16(26)23-17(27)22-15-5-3-2-4-6-15)28-19-25-24-18(29-19)21-11-13-7-9-14(20)10-8-13/h2-10,12H,11H2,1H3,(H,21,24)(H2,22,23,26,27). The molecule has 0 aliphatic carbocycles. The monoisotopic (exact) mass is 431 g/mol. The molecular weight excluding hydrogens is 413 g/mol. The van der Waals surface area contributed by atoms with Gasteiger partial charge < -0.3 is 10.6 Å². The summed E-state index contributed by atoms with van der Waals surface area (Å²) in [6, 6.07) is 14.4. The van der Waals surface area contributed by atoms with Crippen molar-refractivity contribution < 1.29 is 14.0 Å². The average Bonchev–Trinajstić information content (AvgIpc) is 3.15. The van der Waals surface area contributed by atoms with Gasteiger partial charge in [-0.3, -0.25) is 10.1 Å². The molecule has 0 saturated heterocycles. The van der Waals surface area contributed by atoms with Gasteiger partial charge in [-0.15, -0.1) is 10.2 Å². The highest BCUT2D eigenvalue weighted by Gasteiger charge is 2.19. The summed E-state index contributed by atoms with van der Waals surface area (Å²) >= 11 is 2.51. The Bertz CT molecular complexity index is 966. The highest BCUT2D eigenvalue weighted by atomic mass is 32.2. The quantitative estimate of drug-likeness (QED) is 0.487. The summed E-state index contributed by atoms with van der Waals surface area (Å²) in [5, 5.41) is 16.1. The van der Waals surface area contributed by atoms with E-state index in [4.69, 9.17) is 0 Å². The lowest BCUT2D eigenvalue weighted by molar-refractivity contribution is -0.119. The van der Waals surface area contributed by atoms with Crippen molar-refractivity contribution in [2.75, 3.05) is 10.6 Å². The van der Waals surface area contributed by atoms with Crippen LogP contribution < -0.4 is 16.0 Å². The van der Waals surface area contributed by atoms with Crippen LogP contribution in [0.1, 0.15) is 12.5 Å². The van der Waals surface area contributed by atoms with E-state index in [9.17, 15) is 14.0 Å². The molecule has 3 aromatic rings. The molecule has 3 rings (SSSR count). The van der Waals surface area contributed by atoms with Crippen molar-refractivity contribution in [2.24, 2.45) is 0 Å². The summed E-state index contributed by atoms with van der Waals surface area (Å²) in [5.41, 5.74) is 1.51.